The van der Waals surface area contributed by atoms with Gasteiger partial charge in [0, 0.05) is 6.54 Å². The van der Waals surface area contributed by atoms with Gasteiger partial charge in [-0.25, -0.2) is 0 Å². The molecule has 0 spiro atoms. The molecule has 0 N–H and O–H groups in total. The van der Waals surface area contributed by atoms with Gasteiger partial charge in [0.1, 0.15) is 12.6 Å². The fourth-order valence-electron chi connectivity index (χ4n) is 1.79. The highest BCUT2D eigenvalue weighted by molar-refractivity contribution is 5.77. The Hall–Kier alpha value is -2.02. The van der Waals surface area contributed by atoms with Gasteiger partial charge in [0.2, 0.25) is 0 Å². The second kappa shape index (κ2) is 6.65. The molecule has 0 aliphatic rings. The van der Waals surface area contributed by atoms with Crippen molar-refractivity contribution in [3.8, 4) is 6.07 Å². The first-order valence-electron chi connectivity index (χ1n) is 5.94. The molecule has 0 radical (unpaired) electrons. The number of methoxy groups -OCH3 is 1. The highest BCUT2D eigenvalue weighted by Gasteiger charge is 2.14. The summed E-state index contributed by atoms with van der Waals surface area (Å²) in [7, 11) is 1.37. The molecule has 0 atom stereocenters. The molecule has 0 heterocycles. The largest absolute Gasteiger partial charge is 0.468 e. The molecule has 0 unspecified atom stereocenters. The molecule has 0 amide bonds. The fraction of sp³-hybridized carbons (Fsp3) is 0.429. The van der Waals surface area contributed by atoms with Crippen molar-refractivity contribution in [2.45, 2.75) is 20.3 Å². The van der Waals surface area contributed by atoms with Crippen LogP contribution in [0.15, 0.2) is 18.2 Å². The first kappa shape index (κ1) is 14.0. The lowest BCUT2D eigenvalue weighted by molar-refractivity contribution is -0.138. The molecule has 0 bridgehead atoms. The summed E-state index contributed by atoms with van der Waals surface area (Å²) in [4.78, 5) is 13.3. The Labute approximate surface area is 108 Å². The van der Waals surface area contributed by atoms with Gasteiger partial charge in [-0.3, -0.25) is 4.79 Å². The summed E-state index contributed by atoms with van der Waals surface area (Å²) in [5, 5.41) is 9.16. The van der Waals surface area contributed by atoms with E-state index in [1.54, 1.807) is 0 Å². The van der Waals surface area contributed by atoms with E-state index in [0.717, 1.165) is 17.7 Å². The summed E-state index contributed by atoms with van der Waals surface area (Å²) in [5.74, 6) is -0.298. The van der Waals surface area contributed by atoms with Crippen LogP contribution in [0.25, 0.3) is 0 Å². The molecule has 0 saturated carbocycles. The number of nitrogens with zero attached hydrogens (tertiary/aromatic N) is 2. The maximum Gasteiger partial charge on any atom is 0.325 e. The zero-order valence-corrected chi connectivity index (χ0v) is 11.1. The number of hydrogen-bond acceptors (Lipinski definition) is 4. The molecule has 1 aromatic rings. The Morgan fingerprint density at radius 2 is 2.22 bits per heavy atom. The Bertz CT molecular complexity index is 463. The lowest BCUT2D eigenvalue weighted by Gasteiger charge is -2.24. The van der Waals surface area contributed by atoms with E-state index in [4.69, 9.17) is 5.26 Å². The van der Waals surface area contributed by atoms with Crippen molar-refractivity contribution in [2.24, 2.45) is 0 Å². The Morgan fingerprint density at radius 1 is 1.50 bits per heavy atom. The van der Waals surface area contributed by atoms with Crippen LogP contribution in [-0.4, -0.2) is 26.2 Å². The lowest BCUT2D eigenvalue weighted by Crippen LogP contribution is -2.31. The first-order chi connectivity index (χ1) is 8.62. The molecule has 0 saturated heterocycles. The number of benzene rings is 1. The van der Waals surface area contributed by atoms with E-state index in [2.05, 4.69) is 10.8 Å². The van der Waals surface area contributed by atoms with Crippen LogP contribution in [0, 0.1) is 18.3 Å². The van der Waals surface area contributed by atoms with E-state index < -0.39 is 0 Å². The number of nitriles is 1. The maximum atomic E-state index is 11.4. The summed E-state index contributed by atoms with van der Waals surface area (Å²) in [5.41, 5.74) is 2.41. The SMILES string of the molecule is CCCN(CC(=O)OC)c1ccc(C)cc1C#N. The van der Waals surface area contributed by atoms with Gasteiger partial charge in [-0.05, 0) is 31.0 Å². The van der Waals surface area contributed by atoms with Crippen LogP contribution in [0.4, 0.5) is 5.69 Å². The van der Waals surface area contributed by atoms with E-state index in [9.17, 15) is 4.79 Å². The number of ether oxygens (including phenoxy) is 1. The minimum absolute atomic E-state index is 0.169. The van der Waals surface area contributed by atoms with Crippen molar-refractivity contribution in [3.63, 3.8) is 0 Å². The first-order valence-corrected chi connectivity index (χ1v) is 5.94. The summed E-state index contributed by atoms with van der Waals surface area (Å²) >= 11 is 0. The van der Waals surface area contributed by atoms with E-state index in [1.807, 2.05) is 36.9 Å². The zero-order valence-electron chi connectivity index (χ0n) is 11.1. The van der Waals surface area contributed by atoms with Crippen LogP contribution in [-0.2, 0) is 9.53 Å². The van der Waals surface area contributed by atoms with Crippen molar-refractivity contribution < 1.29 is 9.53 Å². The van der Waals surface area contributed by atoms with Crippen molar-refractivity contribution in [2.75, 3.05) is 25.1 Å². The second-order valence-electron chi connectivity index (χ2n) is 4.13. The monoisotopic (exact) mass is 246 g/mol. The third-order valence-electron chi connectivity index (χ3n) is 2.65. The predicted molar refractivity (Wildman–Crippen MR) is 70.4 cm³/mol. The summed E-state index contributed by atoms with van der Waals surface area (Å²) < 4.78 is 4.68. The number of anilines is 1. The molecular weight excluding hydrogens is 228 g/mol. The van der Waals surface area contributed by atoms with Crippen LogP contribution in [0.3, 0.4) is 0 Å². The van der Waals surface area contributed by atoms with Gasteiger partial charge >= 0.3 is 5.97 Å². The second-order valence-corrected chi connectivity index (χ2v) is 4.13. The van der Waals surface area contributed by atoms with Crippen LogP contribution in [0.2, 0.25) is 0 Å². The number of rotatable bonds is 5. The van der Waals surface area contributed by atoms with Crippen LogP contribution >= 0.6 is 0 Å². The van der Waals surface area contributed by atoms with Crippen molar-refractivity contribution in [1.82, 2.24) is 0 Å². The highest BCUT2D eigenvalue weighted by Crippen LogP contribution is 2.21. The van der Waals surface area contributed by atoms with Crippen molar-refractivity contribution in [3.05, 3.63) is 29.3 Å². The standard InChI is InChI=1S/C14H18N2O2/c1-4-7-16(10-14(17)18-3)13-6-5-11(2)8-12(13)9-15/h5-6,8H,4,7,10H2,1-3H3. The quantitative estimate of drug-likeness (QED) is 0.748. The number of esters is 1. The van der Waals surface area contributed by atoms with Gasteiger partial charge < -0.3 is 9.64 Å². The number of carbonyl (C=O) groups is 1. The van der Waals surface area contributed by atoms with E-state index in [-0.39, 0.29) is 12.5 Å². The average molecular weight is 246 g/mol. The zero-order chi connectivity index (χ0) is 13.5. The van der Waals surface area contributed by atoms with Gasteiger partial charge in [0.05, 0.1) is 18.4 Å². The molecule has 0 aliphatic carbocycles. The predicted octanol–water partition coefficient (Wildman–Crippen LogP) is 2.26. The van der Waals surface area contributed by atoms with Gasteiger partial charge in [-0.2, -0.15) is 5.26 Å². The summed E-state index contributed by atoms with van der Waals surface area (Å²) in [6.07, 6.45) is 0.899. The van der Waals surface area contributed by atoms with Crippen LogP contribution in [0.1, 0.15) is 24.5 Å². The molecule has 0 aliphatic heterocycles. The number of hydrogen-bond donors (Lipinski definition) is 0. The molecule has 0 aromatic heterocycles. The molecular formula is C14H18N2O2. The highest BCUT2D eigenvalue weighted by atomic mass is 16.5. The molecule has 4 nitrogen and oxygen atoms in total. The number of aryl methyl sites for hydroxylation is 1. The minimum atomic E-state index is -0.298. The Morgan fingerprint density at radius 3 is 2.78 bits per heavy atom. The van der Waals surface area contributed by atoms with Crippen LogP contribution in [0.5, 0.6) is 0 Å². The number of carbonyl (C=O) groups excluding carboxylic acids is 1. The van der Waals surface area contributed by atoms with Crippen molar-refractivity contribution in [1.29, 1.82) is 5.26 Å². The minimum Gasteiger partial charge on any atom is -0.468 e. The van der Waals surface area contributed by atoms with Crippen LogP contribution < -0.4 is 4.90 Å². The Kier molecular flexibility index (Phi) is 5.19. The third-order valence-corrected chi connectivity index (χ3v) is 2.65. The summed E-state index contributed by atoms with van der Waals surface area (Å²) in [6.45, 7) is 4.86. The topological polar surface area (TPSA) is 53.3 Å². The van der Waals surface area contributed by atoms with Crippen molar-refractivity contribution >= 4 is 11.7 Å². The average Bonchev–Trinajstić information content (AvgIpc) is 2.37. The smallest absolute Gasteiger partial charge is 0.325 e. The van der Waals surface area contributed by atoms with E-state index in [0.29, 0.717) is 12.1 Å². The van der Waals surface area contributed by atoms with Gasteiger partial charge in [-0.15, -0.1) is 0 Å². The van der Waals surface area contributed by atoms with Gasteiger partial charge in [0.25, 0.3) is 0 Å². The summed E-state index contributed by atoms with van der Waals surface area (Å²) in [6, 6.07) is 7.82. The molecule has 4 heteroatoms. The molecule has 18 heavy (non-hydrogen) atoms. The molecule has 0 fully saturated rings. The molecule has 1 rings (SSSR count). The normalized spacial score (nSPS) is 9.67. The molecule has 1 aromatic carbocycles. The fourth-order valence-corrected chi connectivity index (χ4v) is 1.79. The van der Waals surface area contributed by atoms with E-state index >= 15 is 0 Å². The van der Waals surface area contributed by atoms with E-state index in [1.165, 1.54) is 7.11 Å². The van der Waals surface area contributed by atoms with Gasteiger partial charge in [0.15, 0.2) is 0 Å². The van der Waals surface area contributed by atoms with Gasteiger partial charge in [-0.1, -0.05) is 13.0 Å². The lowest BCUT2D eigenvalue weighted by atomic mass is 10.1. The molecule has 96 valence electrons. The Balaban J connectivity index is 3.05. The maximum absolute atomic E-state index is 11.4. The third kappa shape index (κ3) is 3.49.